The highest BCUT2D eigenvalue weighted by Crippen LogP contribution is 2.25. The molecule has 0 amide bonds. The maximum Gasteiger partial charge on any atom is 0.123 e. The third-order valence-corrected chi connectivity index (χ3v) is 3.22. The van der Waals surface area contributed by atoms with E-state index in [1.54, 1.807) is 19.1 Å². The number of nitrogens with zero attached hydrogens (tertiary/aromatic N) is 1. The van der Waals surface area contributed by atoms with Crippen LogP contribution in [0.4, 0.5) is 4.39 Å². The number of para-hydroxylation sites is 1. The Hall–Kier alpha value is -2.42. The van der Waals surface area contributed by atoms with Gasteiger partial charge in [0, 0.05) is 28.5 Å². The van der Waals surface area contributed by atoms with E-state index in [0.717, 1.165) is 22.2 Å². The van der Waals surface area contributed by atoms with E-state index in [1.165, 1.54) is 12.1 Å². The predicted octanol–water partition coefficient (Wildman–Crippen LogP) is 4.16. The first-order valence-electron chi connectivity index (χ1n) is 6.08. The van der Waals surface area contributed by atoms with E-state index in [0.29, 0.717) is 5.71 Å². The molecule has 0 aliphatic rings. The first kappa shape index (κ1) is 11.7. The molecule has 0 bridgehead atoms. The summed E-state index contributed by atoms with van der Waals surface area (Å²) in [4.78, 5) is 0. The average molecular weight is 252 g/mol. The van der Waals surface area contributed by atoms with Gasteiger partial charge >= 0.3 is 0 Å². The van der Waals surface area contributed by atoms with Crippen molar-refractivity contribution in [2.45, 2.75) is 6.92 Å². The van der Waals surface area contributed by atoms with Gasteiger partial charge < -0.3 is 9.98 Å². The van der Waals surface area contributed by atoms with Crippen LogP contribution in [0.5, 0.6) is 0 Å². The predicted molar refractivity (Wildman–Crippen MR) is 75.7 cm³/mol. The summed E-state index contributed by atoms with van der Waals surface area (Å²) >= 11 is 0. The molecule has 0 fully saturated rings. The van der Waals surface area contributed by atoms with Gasteiger partial charge in [-0.05, 0) is 37.3 Å². The van der Waals surface area contributed by atoms with Crippen LogP contribution in [-0.4, -0.2) is 10.3 Å². The van der Waals surface area contributed by atoms with Crippen LogP contribution in [0.1, 0.15) is 12.5 Å². The first-order chi connectivity index (χ1) is 9.16. The summed E-state index contributed by atoms with van der Waals surface area (Å²) in [7, 11) is 0. The normalized spacial score (nSPS) is 10.8. The van der Waals surface area contributed by atoms with Crippen molar-refractivity contribution in [3.05, 3.63) is 66.1 Å². The lowest BCUT2D eigenvalue weighted by atomic mass is 10.1. The molecule has 1 heterocycles. The quantitative estimate of drug-likeness (QED) is 0.664. The van der Waals surface area contributed by atoms with Crippen molar-refractivity contribution < 1.29 is 4.39 Å². The van der Waals surface area contributed by atoms with Crippen LogP contribution in [0.3, 0.4) is 0 Å². The molecule has 0 saturated heterocycles. The van der Waals surface area contributed by atoms with Gasteiger partial charge in [-0.1, -0.05) is 18.2 Å². The van der Waals surface area contributed by atoms with E-state index < -0.39 is 0 Å². The molecule has 0 unspecified atom stereocenters. The fourth-order valence-corrected chi connectivity index (χ4v) is 2.29. The van der Waals surface area contributed by atoms with Crippen molar-refractivity contribution in [3.8, 4) is 5.69 Å². The number of halogens is 1. The number of rotatable bonds is 2. The molecule has 0 aliphatic heterocycles. The molecule has 1 N–H and O–H groups in total. The van der Waals surface area contributed by atoms with Crippen LogP contribution in [-0.2, 0) is 0 Å². The highest BCUT2D eigenvalue weighted by atomic mass is 19.1. The molecule has 19 heavy (non-hydrogen) atoms. The molecule has 0 radical (unpaired) electrons. The van der Waals surface area contributed by atoms with Crippen molar-refractivity contribution in [2.75, 3.05) is 0 Å². The van der Waals surface area contributed by atoms with Gasteiger partial charge in [-0.2, -0.15) is 0 Å². The number of fused-ring (bicyclic) bond motifs is 1. The van der Waals surface area contributed by atoms with Crippen molar-refractivity contribution in [2.24, 2.45) is 0 Å². The van der Waals surface area contributed by atoms with Crippen LogP contribution in [0.15, 0.2) is 54.7 Å². The molecule has 0 atom stereocenters. The summed E-state index contributed by atoms with van der Waals surface area (Å²) in [5.41, 5.74) is 3.35. The Morgan fingerprint density at radius 1 is 1.05 bits per heavy atom. The number of nitrogens with one attached hydrogen (secondary N) is 1. The molecule has 3 heteroatoms. The van der Waals surface area contributed by atoms with Gasteiger partial charge in [0.25, 0.3) is 0 Å². The van der Waals surface area contributed by atoms with Gasteiger partial charge in [0.2, 0.25) is 0 Å². The largest absolute Gasteiger partial charge is 0.316 e. The molecule has 1 aromatic heterocycles. The van der Waals surface area contributed by atoms with Gasteiger partial charge in [-0.15, -0.1) is 0 Å². The van der Waals surface area contributed by atoms with E-state index in [1.807, 2.05) is 35.0 Å². The van der Waals surface area contributed by atoms with Crippen LogP contribution in [0.25, 0.3) is 16.6 Å². The molecule has 0 saturated carbocycles. The molecule has 2 nitrogen and oxygen atoms in total. The second-order valence-corrected chi connectivity index (χ2v) is 4.53. The van der Waals surface area contributed by atoms with Crippen molar-refractivity contribution in [3.63, 3.8) is 0 Å². The zero-order valence-corrected chi connectivity index (χ0v) is 10.5. The fraction of sp³-hybridized carbons (Fsp3) is 0.0625. The second kappa shape index (κ2) is 4.35. The Bertz CT molecular complexity index is 754. The lowest BCUT2D eigenvalue weighted by Gasteiger charge is -2.04. The lowest BCUT2D eigenvalue weighted by Crippen LogP contribution is -1.92. The summed E-state index contributed by atoms with van der Waals surface area (Å²) in [6, 6.07) is 14.3. The van der Waals surface area contributed by atoms with Crippen LogP contribution < -0.4 is 0 Å². The lowest BCUT2D eigenvalue weighted by molar-refractivity contribution is 0.627. The Morgan fingerprint density at radius 2 is 1.74 bits per heavy atom. The Morgan fingerprint density at radius 3 is 2.42 bits per heavy atom. The summed E-state index contributed by atoms with van der Waals surface area (Å²) < 4.78 is 15.0. The molecular formula is C16H13FN2. The summed E-state index contributed by atoms with van der Waals surface area (Å²) in [6.45, 7) is 1.77. The van der Waals surface area contributed by atoms with Crippen molar-refractivity contribution in [1.82, 2.24) is 4.57 Å². The second-order valence-electron chi connectivity index (χ2n) is 4.53. The number of hydrogen-bond donors (Lipinski definition) is 1. The topological polar surface area (TPSA) is 28.8 Å². The number of benzene rings is 2. The highest BCUT2D eigenvalue weighted by molar-refractivity contribution is 6.08. The van der Waals surface area contributed by atoms with Crippen LogP contribution in [0, 0.1) is 11.2 Å². The zero-order valence-electron chi connectivity index (χ0n) is 10.5. The van der Waals surface area contributed by atoms with Gasteiger partial charge in [0.15, 0.2) is 0 Å². The summed E-state index contributed by atoms with van der Waals surface area (Å²) in [5.74, 6) is -0.247. The maximum atomic E-state index is 13.0. The Balaban J connectivity index is 2.29. The molecule has 94 valence electrons. The molecule has 0 aliphatic carbocycles. The smallest absolute Gasteiger partial charge is 0.123 e. The van der Waals surface area contributed by atoms with Gasteiger partial charge in [0.05, 0.1) is 5.52 Å². The Labute approximate surface area is 110 Å². The molecule has 3 rings (SSSR count). The summed E-state index contributed by atoms with van der Waals surface area (Å²) in [5, 5.41) is 8.90. The van der Waals surface area contributed by atoms with Crippen LogP contribution in [0.2, 0.25) is 0 Å². The standard InChI is InChI=1S/C16H13FN2/c1-11(18)15-10-19(13-8-6-12(17)7-9-13)16-5-3-2-4-14(15)16/h2-10,18H,1H3. The van der Waals surface area contributed by atoms with Crippen molar-refractivity contribution >= 4 is 16.6 Å². The fourth-order valence-electron chi connectivity index (χ4n) is 2.29. The average Bonchev–Trinajstić information content (AvgIpc) is 2.79. The third kappa shape index (κ3) is 1.93. The zero-order chi connectivity index (χ0) is 13.4. The minimum absolute atomic E-state index is 0.247. The number of hydrogen-bond acceptors (Lipinski definition) is 1. The van der Waals surface area contributed by atoms with Gasteiger partial charge in [0.1, 0.15) is 5.82 Å². The monoisotopic (exact) mass is 252 g/mol. The van der Waals surface area contributed by atoms with Crippen LogP contribution >= 0.6 is 0 Å². The van der Waals surface area contributed by atoms with E-state index in [4.69, 9.17) is 5.41 Å². The van der Waals surface area contributed by atoms with E-state index in [2.05, 4.69) is 0 Å². The van der Waals surface area contributed by atoms with E-state index >= 15 is 0 Å². The summed E-state index contributed by atoms with van der Waals surface area (Å²) in [6.07, 6.45) is 1.93. The van der Waals surface area contributed by atoms with Gasteiger partial charge in [-0.3, -0.25) is 0 Å². The van der Waals surface area contributed by atoms with Crippen molar-refractivity contribution in [1.29, 1.82) is 5.41 Å². The molecular weight excluding hydrogens is 239 g/mol. The first-order valence-corrected chi connectivity index (χ1v) is 6.08. The SMILES string of the molecule is CC(=N)c1cn(-c2ccc(F)cc2)c2ccccc12. The molecule has 0 spiro atoms. The van der Waals surface area contributed by atoms with E-state index in [-0.39, 0.29) is 5.82 Å². The van der Waals surface area contributed by atoms with E-state index in [9.17, 15) is 4.39 Å². The maximum absolute atomic E-state index is 13.0. The minimum atomic E-state index is -0.247. The molecule has 3 aromatic rings. The number of aromatic nitrogens is 1. The van der Waals surface area contributed by atoms with Gasteiger partial charge in [-0.25, -0.2) is 4.39 Å². The third-order valence-electron chi connectivity index (χ3n) is 3.22. The molecule has 2 aromatic carbocycles. The highest BCUT2D eigenvalue weighted by Gasteiger charge is 2.10. The minimum Gasteiger partial charge on any atom is -0.316 e. The Kier molecular flexibility index (Phi) is 2.67.